The number of rotatable bonds is 5. The van der Waals surface area contributed by atoms with Crippen LogP contribution in [-0.4, -0.2) is 32.4 Å². The van der Waals surface area contributed by atoms with E-state index in [9.17, 15) is 0 Å². The lowest BCUT2D eigenvalue weighted by Gasteiger charge is -2.14. The minimum absolute atomic E-state index is 0.359. The molecule has 0 aliphatic heterocycles. The van der Waals surface area contributed by atoms with E-state index in [-0.39, 0.29) is 0 Å². The third-order valence-corrected chi connectivity index (χ3v) is 3.17. The van der Waals surface area contributed by atoms with Gasteiger partial charge in [0.2, 0.25) is 0 Å². The Kier molecular flexibility index (Phi) is 3.73. The molecule has 6 heteroatoms. The molecule has 3 N–H and O–H groups in total. The first kappa shape index (κ1) is 12.0. The normalized spacial score (nSPS) is 12.8. The van der Waals surface area contributed by atoms with Crippen molar-refractivity contribution in [3.63, 3.8) is 0 Å². The maximum Gasteiger partial charge on any atom is 0.180 e. The molecule has 2 rings (SSSR count). The predicted molar refractivity (Wildman–Crippen MR) is 73.5 cm³/mol. The fourth-order valence-electron chi connectivity index (χ4n) is 1.65. The molecule has 1 atom stereocenters. The summed E-state index contributed by atoms with van der Waals surface area (Å²) in [5.74, 6) is 2.37. The Morgan fingerprint density at radius 1 is 1.59 bits per heavy atom. The maximum absolute atomic E-state index is 5.76. The van der Waals surface area contributed by atoms with Gasteiger partial charge in [-0.15, -0.1) is 0 Å². The number of thioether (sulfide) groups is 1. The zero-order valence-electron chi connectivity index (χ0n) is 10.1. The largest absolute Gasteiger partial charge is 0.382 e. The number of nitrogens with two attached hydrogens (primary N) is 1. The maximum atomic E-state index is 5.76. The van der Waals surface area contributed by atoms with Crippen LogP contribution in [-0.2, 0) is 0 Å². The van der Waals surface area contributed by atoms with Crippen LogP contribution in [0.2, 0.25) is 0 Å². The van der Waals surface area contributed by atoms with Crippen LogP contribution in [0.25, 0.3) is 5.65 Å². The van der Waals surface area contributed by atoms with Crippen molar-refractivity contribution in [1.29, 1.82) is 0 Å². The minimum atomic E-state index is 0.359. The van der Waals surface area contributed by atoms with E-state index in [0.717, 1.165) is 23.6 Å². The van der Waals surface area contributed by atoms with Gasteiger partial charge in [-0.3, -0.25) is 0 Å². The smallest absolute Gasteiger partial charge is 0.180 e. The van der Waals surface area contributed by atoms with Crippen molar-refractivity contribution in [3.8, 4) is 0 Å². The summed E-state index contributed by atoms with van der Waals surface area (Å²) in [6, 6.07) is 0.359. The molecule has 2 aromatic heterocycles. The first-order chi connectivity index (χ1) is 8.20. The molecule has 0 saturated carbocycles. The summed E-state index contributed by atoms with van der Waals surface area (Å²) in [5.41, 5.74) is 6.57. The lowest BCUT2D eigenvalue weighted by Crippen LogP contribution is -2.18. The molecule has 0 aliphatic carbocycles. The zero-order valence-corrected chi connectivity index (χ0v) is 10.9. The first-order valence-electron chi connectivity index (χ1n) is 5.55. The second-order valence-electron chi connectivity index (χ2n) is 4.00. The second kappa shape index (κ2) is 5.27. The van der Waals surface area contributed by atoms with Crippen molar-refractivity contribution < 1.29 is 0 Å². The summed E-state index contributed by atoms with van der Waals surface area (Å²) in [6.07, 6.45) is 8.57. The van der Waals surface area contributed by atoms with Gasteiger partial charge in [-0.25, -0.2) is 9.97 Å². The van der Waals surface area contributed by atoms with Gasteiger partial charge in [0.25, 0.3) is 0 Å². The Labute approximate surface area is 105 Å². The Morgan fingerprint density at radius 2 is 2.41 bits per heavy atom. The lowest BCUT2D eigenvalue weighted by atomic mass is 10.2. The van der Waals surface area contributed by atoms with Crippen molar-refractivity contribution in [2.75, 3.05) is 23.1 Å². The van der Waals surface area contributed by atoms with Gasteiger partial charge in [-0.05, 0) is 25.4 Å². The average Bonchev–Trinajstić information content (AvgIpc) is 2.74. The SMILES string of the molecule is CSCCC(C)Nc1nc(N)cn2ccnc12. The van der Waals surface area contributed by atoms with Crippen LogP contribution >= 0.6 is 11.8 Å². The number of fused-ring (bicyclic) bond motifs is 1. The van der Waals surface area contributed by atoms with Crippen molar-refractivity contribution in [1.82, 2.24) is 14.4 Å². The number of imidazole rings is 1. The van der Waals surface area contributed by atoms with E-state index < -0.39 is 0 Å². The minimum Gasteiger partial charge on any atom is -0.382 e. The van der Waals surface area contributed by atoms with Gasteiger partial charge in [0.1, 0.15) is 5.82 Å². The summed E-state index contributed by atoms with van der Waals surface area (Å²) in [4.78, 5) is 8.57. The highest BCUT2D eigenvalue weighted by molar-refractivity contribution is 7.98. The molecular formula is C11H17N5S. The quantitative estimate of drug-likeness (QED) is 0.849. The summed E-state index contributed by atoms with van der Waals surface area (Å²) in [6.45, 7) is 2.14. The molecule has 0 spiro atoms. The van der Waals surface area contributed by atoms with Crippen LogP contribution in [0.3, 0.4) is 0 Å². The van der Waals surface area contributed by atoms with Crippen LogP contribution in [0.15, 0.2) is 18.6 Å². The van der Waals surface area contributed by atoms with Crippen molar-refractivity contribution in [3.05, 3.63) is 18.6 Å². The molecule has 0 aliphatic rings. The molecule has 0 radical (unpaired) electrons. The number of nitrogen functional groups attached to an aromatic ring is 1. The number of nitrogens with zero attached hydrogens (tertiary/aromatic N) is 3. The molecule has 92 valence electrons. The van der Waals surface area contributed by atoms with E-state index in [2.05, 4.69) is 28.5 Å². The van der Waals surface area contributed by atoms with E-state index in [1.54, 1.807) is 12.4 Å². The van der Waals surface area contributed by atoms with Gasteiger partial charge < -0.3 is 15.5 Å². The van der Waals surface area contributed by atoms with Crippen LogP contribution in [0.5, 0.6) is 0 Å². The molecule has 0 bridgehead atoms. The average molecular weight is 251 g/mol. The zero-order chi connectivity index (χ0) is 12.3. The van der Waals surface area contributed by atoms with E-state index in [1.165, 1.54) is 0 Å². The molecule has 0 fully saturated rings. The fraction of sp³-hybridized carbons (Fsp3) is 0.455. The standard InChI is InChI=1S/C11H17N5S/c1-8(3-6-17-2)14-10-11-13-4-5-16(11)7-9(12)15-10/h4-5,7-8H,3,6,12H2,1-2H3,(H,14,15). The number of aromatic nitrogens is 3. The molecular weight excluding hydrogens is 234 g/mol. The Morgan fingerprint density at radius 3 is 3.18 bits per heavy atom. The summed E-state index contributed by atoms with van der Waals surface area (Å²) < 4.78 is 1.88. The molecule has 0 saturated heterocycles. The molecule has 5 nitrogen and oxygen atoms in total. The highest BCUT2D eigenvalue weighted by Gasteiger charge is 2.09. The molecule has 1 unspecified atom stereocenters. The highest BCUT2D eigenvalue weighted by Crippen LogP contribution is 2.16. The number of anilines is 2. The summed E-state index contributed by atoms with van der Waals surface area (Å²) in [5, 5.41) is 3.36. The van der Waals surface area contributed by atoms with E-state index in [1.807, 2.05) is 22.4 Å². The predicted octanol–water partition coefficient (Wildman–Crippen LogP) is 1.86. The van der Waals surface area contributed by atoms with Gasteiger partial charge in [-0.1, -0.05) is 0 Å². The van der Waals surface area contributed by atoms with Crippen LogP contribution in [0.4, 0.5) is 11.6 Å². The van der Waals surface area contributed by atoms with Crippen LogP contribution in [0.1, 0.15) is 13.3 Å². The van der Waals surface area contributed by atoms with Gasteiger partial charge in [-0.2, -0.15) is 11.8 Å². The molecule has 0 amide bonds. The number of hydrogen-bond donors (Lipinski definition) is 2. The second-order valence-corrected chi connectivity index (χ2v) is 4.98. The van der Waals surface area contributed by atoms with Crippen molar-refractivity contribution in [2.24, 2.45) is 0 Å². The van der Waals surface area contributed by atoms with E-state index >= 15 is 0 Å². The van der Waals surface area contributed by atoms with Gasteiger partial charge in [0.15, 0.2) is 11.5 Å². The Hall–Kier alpha value is -1.43. The van der Waals surface area contributed by atoms with Crippen LogP contribution in [0, 0.1) is 0 Å². The van der Waals surface area contributed by atoms with Gasteiger partial charge in [0, 0.05) is 18.4 Å². The lowest BCUT2D eigenvalue weighted by molar-refractivity contribution is 0.767. The molecule has 2 heterocycles. The Balaban J connectivity index is 2.19. The van der Waals surface area contributed by atoms with E-state index in [4.69, 9.17) is 5.73 Å². The topological polar surface area (TPSA) is 68.2 Å². The third kappa shape index (κ3) is 2.82. The summed E-state index contributed by atoms with van der Waals surface area (Å²) >= 11 is 1.84. The monoisotopic (exact) mass is 251 g/mol. The van der Waals surface area contributed by atoms with Crippen LogP contribution < -0.4 is 11.1 Å². The first-order valence-corrected chi connectivity index (χ1v) is 6.94. The Bertz CT molecular complexity index is 496. The van der Waals surface area contributed by atoms with Gasteiger partial charge in [0.05, 0.1) is 6.20 Å². The molecule has 17 heavy (non-hydrogen) atoms. The summed E-state index contributed by atoms with van der Waals surface area (Å²) in [7, 11) is 0. The highest BCUT2D eigenvalue weighted by atomic mass is 32.2. The molecule has 2 aromatic rings. The van der Waals surface area contributed by atoms with E-state index in [0.29, 0.717) is 11.9 Å². The fourth-order valence-corrected chi connectivity index (χ4v) is 2.24. The third-order valence-electron chi connectivity index (χ3n) is 2.53. The number of hydrogen-bond acceptors (Lipinski definition) is 5. The van der Waals surface area contributed by atoms with Crippen molar-refractivity contribution >= 4 is 29.0 Å². The van der Waals surface area contributed by atoms with Gasteiger partial charge >= 0.3 is 0 Å². The number of nitrogens with one attached hydrogen (secondary N) is 1. The molecule has 0 aromatic carbocycles. The van der Waals surface area contributed by atoms with Crippen molar-refractivity contribution in [2.45, 2.75) is 19.4 Å².